The SMILES string of the molecule is CC(C)(O)c1nc(-c2cn(-c3c(F)cccc3F)c(=O)[nH]c2=O)c(-c2ccc(F)cc2F)o1. The summed E-state index contributed by atoms with van der Waals surface area (Å²) in [6.45, 7) is 2.63. The van der Waals surface area contributed by atoms with Gasteiger partial charge in [0.1, 0.15) is 40.3 Å². The van der Waals surface area contributed by atoms with Crippen LogP contribution in [0.4, 0.5) is 17.6 Å². The van der Waals surface area contributed by atoms with Gasteiger partial charge in [0.05, 0.1) is 11.1 Å². The summed E-state index contributed by atoms with van der Waals surface area (Å²) in [7, 11) is 0. The van der Waals surface area contributed by atoms with Gasteiger partial charge in [-0.05, 0) is 38.1 Å². The molecular formula is C22H15F4N3O4. The minimum atomic E-state index is -1.68. The van der Waals surface area contributed by atoms with E-state index in [0.717, 1.165) is 36.5 Å². The molecule has 2 aromatic heterocycles. The van der Waals surface area contributed by atoms with Crippen molar-refractivity contribution in [2.24, 2.45) is 0 Å². The molecule has 0 atom stereocenters. The number of rotatable bonds is 4. The highest BCUT2D eigenvalue weighted by molar-refractivity contribution is 5.76. The maximum atomic E-state index is 14.5. The fourth-order valence-corrected chi connectivity index (χ4v) is 3.15. The molecule has 2 heterocycles. The molecule has 2 aromatic carbocycles. The van der Waals surface area contributed by atoms with Crippen LogP contribution >= 0.6 is 0 Å². The molecule has 0 saturated carbocycles. The number of H-pyrrole nitrogens is 1. The molecule has 0 saturated heterocycles. The number of para-hydroxylation sites is 1. The van der Waals surface area contributed by atoms with Crippen molar-refractivity contribution in [3.63, 3.8) is 0 Å². The number of hydrogen-bond donors (Lipinski definition) is 2. The average Bonchev–Trinajstić information content (AvgIpc) is 3.14. The quantitative estimate of drug-likeness (QED) is 0.452. The maximum absolute atomic E-state index is 14.5. The van der Waals surface area contributed by atoms with Crippen molar-refractivity contribution in [1.82, 2.24) is 14.5 Å². The molecule has 7 nitrogen and oxygen atoms in total. The molecule has 2 N–H and O–H groups in total. The standard InChI is InChI=1S/C22H15F4N3O4/c1-22(2,32)20-27-16(18(33-20)11-7-6-10(23)8-15(11)26)12-9-29(21(31)28-19(12)30)17-13(24)4-3-5-14(17)25/h3-9,32H,1-2H3,(H,28,30,31). The lowest BCUT2D eigenvalue weighted by atomic mass is 10.1. The first kappa shape index (κ1) is 22.2. The van der Waals surface area contributed by atoms with Crippen LogP contribution in [0.25, 0.3) is 28.3 Å². The number of aromatic amines is 1. The molecule has 170 valence electrons. The largest absolute Gasteiger partial charge is 0.437 e. The van der Waals surface area contributed by atoms with Crippen LogP contribution in [0.1, 0.15) is 19.7 Å². The topological polar surface area (TPSA) is 101 Å². The fraction of sp³-hybridized carbons (Fsp3) is 0.136. The second-order valence-corrected chi connectivity index (χ2v) is 7.62. The summed E-state index contributed by atoms with van der Waals surface area (Å²) < 4.78 is 62.6. The lowest BCUT2D eigenvalue weighted by Crippen LogP contribution is -2.30. The first-order valence-electron chi connectivity index (χ1n) is 9.47. The fourth-order valence-electron chi connectivity index (χ4n) is 3.15. The van der Waals surface area contributed by atoms with E-state index in [-0.39, 0.29) is 22.9 Å². The molecule has 0 aliphatic heterocycles. The Labute approximate surface area is 182 Å². The number of halogens is 4. The van der Waals surface area contributed by atoms with E-state index >= 15 is 0 Å². The van der Waals surface area contributed by atoms with Crippen LogP contribution in [0.2, 0.25) is 0 Å². The Kier molecular flexibility index (Phi) is 5.29. The molecule has 0 amide bonds. The van der Waals surface area contributed by atoms with E-state index in [1.165, 1.54) is 13.8 Å². The van der Waals surface area contributed by atoms with Crippen molar-refractivity contribution in [1.29, 1.82) is 0 Å². The summed E-state index contributed by atoms with van der Waals surface area (Å²) >= 11 is 0. The third-order valence-corrected chi connectivity index (χ3v) is 4.70. The summed E-state index contributed by atoms with van der Waals surface area (Å²) in [5.74, 6) is -4.80. The third-order valence-electron chi connectivity index (χ3n) is 4.70. The summed E-state index contributed by atoms with van der Waals surface area (Å²) in [4.78, 5) is 30.9. The van der Waals surface area contributed by atoms with Gasteiger partial charge in [-0.2, -0.15) is 0 Å². The van der Waals surface area contributed by atoms with Crippen LogP contribution in [0, 0.1) is 23.3 Å². The van der Waals surface area contributed by atoms with Crippen molar-refractivity contribution in [3.8, 4) is 28.3 Å². The minimum absolute atomic E-state index is 0.302. The van der Waals surface area contributed by atoms with Crippen molar-refractivity contribution in [3.05, 3.63) is 92.6 Å². The van der Waals surface area contributed by atoms with Crippen LogP contribution in [-0.4, -0.2) is 19.6 Å². The number of benzene rings is 2. The zero-order valence-electron chi connectivity index (χ0n) is 17.1. The highest BCUT2D eigenvalue weighted by Gasteiger charge is 2.30. The van der Waals surface area contributed by atoms with Gasteiger partial charge in [-0.25, -0.2) is 27.3 Å². The first-order chi connectivity index (χ1) is 15.5. The van der Waals surface area contributed by atoms with Gasteiger partial charge in [-0.15, -0.1) is 0 Å². The Morgan fingerprint density at radius 1 is 1.00 bits per heavy atom. The molecular weight excluding hydrogens is 446 g/mol. The third kappa shape index (κ3) is 3.98. The molecule has 0 aliphatic carbocycles. The number of nitrogens with one attached hydrogen (secondary N) is 1. The molecule has 11 heteroatoms. The van der Waals surface area contributed by atoms with Crippen molar-refractivity contribution in [2.75, 3.05) is 0 Å². The smallest absolute Gasteiger partial charge is 0.333 e. The molecule has 0 spiro atoms. The summed E-state index contributed by atoms with van der Waals surface area (Å²) in [6, 6.07) is 5.46. The van der Waals surface area contributed by atoms with Crippen LogP contribution in [-0.2, 0) is 5.60 Å². The van der Waals surface area contributed by atoms with Crippen LogP contribution in [0.3, 0.4) is 0 Å². The number of hydrogen-bond acceptors (Lipinski definition) is 5. The van der Waals surface area contributed by atoms with Crippen LogP contribution < -0.4 is 11.2 Å². The Hall–Kier alpha value is -3.99. The minimum Gasteiger partial charge on any atom is -0.437 e. The number of nitrogens with zero attached hydrogens (tertiary/aromatic N) is 2. The number of oxazole rings is 1. The summed E-state index contributed by atoms with van der Waals surface area (Å²) in [5.41, 5.74) is -5.67. The second-order valence-electron chi connectivity index (χ2n) is 7.62. The molecule has 0 unspecified atom stereocenters. The van der Waals surface area contributed by atoms with Gasteiger partial charge in [-0.3, -0.25) is 14.3 Å². The Balaban J connectivity index is 2.04. The van der Waals surface area contributed by atoms with E-state index in [1.807, 2.05) is 4.98 Å². The van der Waals surface area contributed by atoms with E-state index in [9.17, 15) is 32.3 Å². The molecule has 0 aliphatic rings. The molecule has 0 bridgehead atoms. The number of aromatic nitrogens is 3. The normalized spacial score (nSPS) is 11.7. The van der Waals surface area contributed by atoms with Gasteiger partial charge in [0.2, 0.25) is 5.89 Å². The monoisotopic (exact) mass is 461 g/mol. The molecule has 0 fully saturated rings. The Bertz CT molecular complexity index is 1480. The lowest BCUT2D eigenvalue weighted by Gasteiger charge is -2.11. The first-order valence-corrected chi connectivity index (χ1v) is 9.47. The van der Waals surface area contributed by atoms with E-state index in [0.29, 0.717) is 10.6 Å². The van der Waals surface area contributed by atoms with Crippen molar-refractivity contribution in [2.45, 2.75) is 19.4 Å². The second kappa shape index (κ2) is 7.85. The average molecular weight is 461 g/mol. The van der Waals surface area contributed by atoms with E-state index in [1.54, 1.807) is 0 Å². The van der Waals surface area contributed by atoms with Gasteiger partial charge < -0.3 is 9.52 Å². The maximum Gasteiger partial charge on any atom is 0.333 e. The lowest BCUT2D eigenvalue weighted by molar-refractivity contribution is 0.0490. The van der Waals surface area contributed by atoms with Gasteiger partial charge in [-0.1, -0.05) is 6.07 Å². The zero-order valence-corrected chi connectivity index (χ0v) is 17.1. The van der Waals surface area contributed by atoms with Gasteiger partial charge in [0.15, 0.2) is 5.76 Å². The van der Waals surface area contributed by atoms with E-state index in [4.69, 9.17) is 4.42 Å². The van der Waals surface area contributed by atoms with Crippen molar-refractivity contribution >= 4 is 0 Å². The molecule has 4 aromatic rings. The van der Waals surface area contributed by atoms with E-state index in [2.05, 4.69) is 4.98 Å². The Morgan fingerprint density at radius 2 is 1.67 bits per heavy atom. The zero-order chi connectivity index (χ0) is 24.1. The Morgan fingerprint density at radius 3 is 2.27 bits per heavy atom. The van der Waals surface area contributed by atoms with Gasteiger partial charge in [0.25, 0.3) is 5.56 Å². The van der Waals surface area contributed by atoms with Gasteiger partial charge >= 0.3 is 5.69 Å². The highest BCUT2D eigenvalue weighted by Crippen LogP contribution is 2.36. The molecule has 33 heavy (non-hydrogen) atoms. The molecule has 4 rings (SSSR count). The van der Waals surface area contributed by atoms with E-state index < -0.39 is 51.4 Å². The van der Waals surface area contributed by atoms with Gasteiger partial charge in [0, 0.05) is 12.3 Å². The highest BCUT2D eigenvalue weighted by atomic mass is 19.1. The summed E-state index contributed by atoms with van der Waals surface area (Å²) in [5, 5.41) is 10.3. The number of aliphatic hydroxyl groups is 1. The van der Waals surface area contributed by atoms with Crippen LogP contribution in [0.5, 0.6) is 0 Å². The summed E-state index contributed by atoms with van der Waals surface area (Å²) in [6.07, 6.45) is 0.819. The van der Waals surface area contributed by atoms with Crippen molar-refractivity contribution < 1.29 is 27.1 Å². The molecule has 0 radical (unpaired) electrons. The van der Waals surface area contributed by atoms with Crippen LogP contribution in [0.15, 0.2) is 56.6 Å². The predicted octanol–water partition coefficient (Wildman–Crippen LogP) is 3.63. The predicted molar refractivity (Wildman–Crippen MR) is 109 cm³/mol.